The van der Waals surface area contributed by atoms with Crippen LogP contribution in [0.5, 0.6) is 0 Å². The Labute approximate surface area is 494 Å². The molecule has 6 N–H and O–H groups in total. The van der Waals surface area contributed by atoms with Gasteiger partial charge in [0, 0.05) is 78.3 Å². The number of nitrogens with zero attached hydrogens (tertiary/aromatic N) is 4. The van der Waals surface area contributed by atoms with E-state index in [9.17, 15) is 53.1 Å². The van der Waals surface area contributed by atoms with Gasteiger partial charge in [-0.15, -0.1) is 0 Å². The van der Waals surface area contributed by atoms with Crippen LogP contribution in [0.4, 0.5) is 10.5 Å². The number of hydrogen-bond acceptors (Lipinski definition) is 15. The van der Waals surface area contributed by atoms with Crippen LogP contribution in [-0.4, -0.2) is 187 Å². The molecule has 2 aliphatic heterocycles. The zero-order valence-electron chi connectivity index (χ0n) is 51.3. The van der Waals surface area contributed by atoms with Gasteiger partial charge in [-0.05, 0) is 81.5 Å². The van der Waals surface area contributed by atoms with Crippen molar-refractivity contribution in [1.82, 2.24) is 40.9 Å². The fourth-order valence-electron chi connectivity index (χ4n) is 10.8. The molecule has 4 rings (SSSR count). The summed E-state index contributed by atoms with van der Waals surface area (Å²) < 4.78 is 17.8. The van der Waals surface area contributed by atoms with Crippen molar-refractivity contribution in [1.29, 1.82) is 0 Å². The minimum atomic E-state index is -1.08. The molecule has 464 valence electrons. The second-order valence-electron chi connectivity index (χ2n) is 23.1. The van der Waals surface area contributed by atoms with E-state index in [0.717, 1.165) is 28.9 Å². The largest absolute Gasteiger partial charge is 0.445 e. The first kappa shape index (κ1) is 69.4. The Bertz CT molecular complexity index is 2600. The Kier molecular flexibility index (Phi) is 26.7. The summed E-state index contributed by atoms with van der Waals surface area (Å²) in [4.78, 5) is 137. The van der Waals surface area contributed by atoms with Crippen LogP contribution in [0, 0.1) is 23.2 Å². The number of aliphatic hydroxyl groups excluding tert-OH is 1. The van der Waals surface area contributed by atoms with Crippen LogP contribution in [0.25, 0.3) is 0 Å². The second kappa shape index (κ2) is 32.3. The van der Waals surface area contributed by atoms with Gasteiger partial charge in [0.25, 0.3) is 11.8 Å². The maximum Gasteiger partial charge on any atom is 0.410 e. The number of methoxy groups -OCH3 is 2. The predicted molar refractivity (Wildman–Crippen MR) is 314 cm³/mol. The number of likely N-dealkylation sites (N-methyl/N-ethyl adjacent to an activating group) is 2. The molecule has 0 aromatic heterocycles. The van der Waals surface area contributed by atoms with Crippen LogP contribution >= 0.6 is 0 Å². The van der Waals surface area contributed by atoms with E-state index >= 15 is 0 Å². The quantitative estimate of drug-likeness (QED) is 0.0448. The first-order valence-electron chi connectivity index (χ1n) is 28.9. The van der Waals surface area contributed by atoms with E-state index in [4.69, 9.17) is 14.2 Å². The molecule has 0 aliphatic carbocycles. The van der Waals surface area contributed by atoms with E-state index in [2.05, 4.69) is 26.6 Å². The van der Waals surface area contributed by atoms with E-state index in [1.54, 1.807) is 75.7 Å². The smallest absolute Gasteiger partial charge is 0.410 e. The fraction of sp³-hybridized carbons (Fsp3) is 0.607. The number of ether oxygens (including phenoxy) is 3. The molecule has 2 heterocycles. The molecule has 0 radical (unpaired) electrons. The van der Waals surface area contributed by atoms with Crippen LogP contribution < -0.4 is 26.6 Å². The van der Waals surface area contributed by atoms with E-state index in [-0.39, 0.29) is 44.4 Å². The van der Waals surface area contributed by atoms with Crippen molar-refractivity contribution in [2.45, 2.75) is 169 Å². The molecule has 23 nitrogen and oxygen atoms in total. The van der Waals surface area contributed by atoms with Gasteiger partial charge in [-0.3, -0.25) is 48.2 Å². The molecule has 9 amide bonds. The molecule has 0 saturated carbocycles. The van der Waals surface area contributed by atoms with E-state index in [1.165, 1.54) is 40.0 Å². The lowest BCUT2D eigenvalue weighted by molar-refractivity contribution is -0.148. The molecule has 2 aromatic rings. The number of hydrogen-bond donors (Lipinski definition) is 6. The highest BCUT2D eigenvalue weighted by Crippen LogP contribution is 2.34. The van der Waals surface area contributed by atoms with Gasteiger partial charge < -0.3 is 60.5 Å². The molecule has 0 unspecified atom stereocenters. The maximum absolute atomic E-state index is 14.7. The summed E-state index contributed by atoms with van der Waals surface area (Å²) in [6, 6.07) is 10.0. The van der Waals surface area contributed by atoms with Gasteiger partial charge in [-0.1, -0.05) is 90.4 Å². The molecule has 12 atom stereocenters. The summed E-state index contributed by atoms with van der Waals surface area (Å²) in [6.45, 7) is 17.9. The Morgan fingerprint density at radius 1 is 0.798 bits per heavy atom. The topological polar surface area (TPSA) is 292 Å². The average molecular weight is 1170 g/mol. The Hall–Kier alpha value is -7.08. The van der Waals surface area contributed by atoms with E-state index in [1.807, 2.05) is 51.1 Å². The van der Waals surface area contributed by atoms with Gasteiger partial charge in [-0.25, -0.2) is 4.79 Å². The van der Waals surface area contributed by atoms with Gasteiger partial charge in [0.05, 0.1) is 42.2 Å². The number of nitrogens with one attached hydrogen (secondary N) is 5. The summed E-state index contributed by atoms with van der Waals surface area (Å²) >= 11 is 0. The Morgan fingerprint density at radius 3 is 1.98 bits per heavy atom. The molecule has 1 fully saturated rings. The lowest BCUT2D eigenvalue weighted by Crippen LogP contribution is -2.60. The number of imide groups is 1. The van der Waals surface area contributed by atoms with Crippen LogP contribution in [0.3, 0.4) is 0 Å². The molecule has 23 heteroatoms. The van der Waals surface area contributed by atoms with Crippen molar-refractivity contribution in [2.75, 3.05) is 53.3 Å². The van der Waals surface area contributed by atoms with Crippen molar-refractivity contribution in [2.24, 2.45) is 23.2 Å². The highest BCUT2D eigenvalue weighted by atomic mass is 16.6. The number of rotatable bonds is 32. The highest BCUT2D eigenvalue weighted by molar-refractivity contribution is 6.13. The maximum atomic E-state index is 14.7. The number of amides is 9. The third-order valence-electron chi connectivity index (χ3n) is 16.0. The summed E-state index contributed by atoms with van der Waals surface area (Å²) in [6.07, 6.45) is 1.57. The molecule has 84 heavy (non-hydrogen) atoms. The van der Waals surface area contributed by atoms with Crippen molar-refractivity contribution in [3.8, 4) is 0 Å². The summed E-state index contributed by atoms with van der Waals surface area (Å²) in [5, 5.41) is 25.0. The lowest BCUT2D eigenvalue weighted by Gasteiger charge is -2.42. The molecule has 0 bridgehead atoms. The number of aliphatic hydroxyl groups is 1. The lowest BCUT2D eigenvalue weighted by atomic mass is 9.80. The zero-order chi connectivity index (χ0) is 62.7. The predicted octanol–water partition coefficient (Wildman–Crippen LogP) is 3.88. The number of carbonyl (C=O) groups excluding carboxylic acids is 10. The summed E-state index contributed by atoms with van der Waals surface area (Å²) in [7, 11) is 6.11. The molecular formula is C61H91N9O14. The number of anilines is 1. The van der Waals surface area contributed by atoms with Gasteiger partial charge in [0.1, 0.15) is 37.1 Å². The molecule has 1 saturated heterocycles. The third-order valence-corrected chi connectivity index (χ3v) is 16.0. The third kappa shape index (κ3) is 18.5. The molecular weight excluding hydrogens is 1080 g/mol. The zero-order valence-corrected chi connectivity index (χ0v) is 51.3. The number of aldehydes is 1. The van der Waals surface area contributed by atoms with E-state index < -0.39 is 125 Å². The Balaban J connectivity index is 1.35. The minimum Gasteiger partial charge on any atom is -0.445 e. The van der Waals surface area contributed by atoms with Crippen LogP contribution in [0.2, 0.25) is 0 Å². The molecule has 0 spiro atoms. The molecule has 2 aliphatic rings. The van der Waals surface area contributed by atoms with Gasteiger partial charge in [-0.2, -0.15) is 0 Å². The van der Waals surface area contributed by atoms with E-state index in [0.29, 0.717) is 37.1 Å². The first-order chi connectivity index (χ1) is 39.6. The SMILES string of the molecule is CC[C@H](C)[C@@H]([C@@H](CC(=O)N1CCC[C@H]1[C@H](OC)[C@](C)(C=O)CN[C@H](C)[C@@H](O)c1ccccc1)OC)N(C)C(=O)[C@@H](NC(=O)[C@H](C(C)C)N(C)C(=O)OCc1ccc(NC(=O)[C@H](C)NC(=O)[C@H](C)NC(=O)CCN2C(=O)C=CC2=O)cc1)C(C)C. The number of benzene rings is 2. The van der Waals surface area contributed by atoms with Crippen LogP contribution in [-0.2, 0) is 64.0 Å². The fourth-order valence-corrected chi connectivity index (χ4v) is 10.8. The second-order valence-corrected chi connectivity index (χ2v) is 23.1. The van der Waals surface area contributed by atoms with Gasteiger partial charge >= 0.3 is 6.09 Å². The monoisotopic (exact) mass is 1170 g/mol. The first-order valence-corrected chi connectivity index (χ1v) is 28.9. The van der Waals surface area contributed by atoms with Gasteiger partial charge in [0.2, 0.25) is 35.4 Å². The summed E-state index contributed by atoms with van der Waals surface area (Å²) in [5.74, 6) is -5.04. The van der Waals surface area contributed by atoms with Crippen LogP contribution in [0.15, 0.2) is 66.7 Å². The highest BCUT2D eigenvalue weighted by Gasteiger charge is 2.47. The van der Waals surface area contributed by atoms with Crippen molar-refractivity contribution >= 4 is 65.3 Å². The number of likely N-dealkylation sites (tertiary alicyclic amines) is 1. The number of carbonyl (C=O) groups is 10. The minimum absolute atomic E-state index is 0.0862. The van der Waals surface area contributed by atoms with Crippen molar-refractivity contribution in [3.63, 3.8) is 0 Å². The standard InChI is InChI=1S/C61H91N9O14/c1-15-38(6)53(46(82-13)32-50(75)69-30-19-22-45(69)55(83-14)61(10,35-71)34-62-39(7)54(76)43-20-17-16-18-21-43)67(11)59(80)51(36(2)3)66-58(79)52(37(4)5)68(12)60(81)84-33-42-23-25-44(26-24-42)65-57(78)41(9)64-56(77)40(8)63-47(72)29-31-70-48(73)27-28-49(70)74/h16-18,20-21,23-28,35-41,45-46,51-55,62,76H,15,19,22,29-34H2,1-14H3,(H,63,72)(H,64,77)(H,65,78)(H,66,79)/t38-,39+,40-,41-,45-,46+,51-,52-,53-,54+,55-,61-/m0/s1. The van der Waals surface area contributed by atoms with Crippen molar-refractivity contribution in [3.05, 3.63) is 77.9 Å². The summed E-state index contributed by atoms with van der Waals surface area (Å²) in [5.41, 5.74) is 0.579. The van der Waals surface area contributed by atoms with Crippen molar-refractivity contribution < 1.29 is 67.3 Å². The Morgan fingerprint density at radius 2 is 1.42 bits per heavy atom. The van der Waals surface area contributed by atoms with Crippen LogP contribution in [0.1, 0.15) is 119 Å². The van der Waals surface area contributed by atoms with Gasteiger partial charge in [0.15, 0.2) is 0 Å². The molecule has 2 aromatic carbocycles. The average Bonchev–Trinajstić information content (AvgIpc) is 3.10. The normalized spacial score (nSPS) is 18.5.